The van der Waals surface area contributed by atoms with Gasteiger partial charge >= 0.3 is 0 Å². The maximum Gasteiger partial charge on any atom is 0.164 e. The lowest BCUT2D eigenvalue weighted by atomic mass is 10.1. The van der Waals surface area contributed by atoms with Crippen molar-refractivity contribution in [1.82, 2.24) is 19.5 Å². The third-order valence-electron chi connectivity index (χ3n) is 4.16. The van der Waals surface area contributed by atoms with Gasteiger partial charge in [-0.15, -0.1) is 0 Å². The molecule has 2 saturated heterocycles. The standard InChI is InChI=1S/C14H17ClN4O4/c1-14(2)22-10-7(21-8(4-20)11(10)23-14)3-19-6-18-9-12(15)16-5-17-13(9)19/h5-8,10-11,20H,3-4H2,1-2H3/t7-,8+,10-,11+/m0/s1. The Bertz CT molecular complexity index is 737. The molecule has 4 rings (SSSR count). The van der Waals surface area contributed by atoms with Crippen molar-refractivity contribution >= 4 is 22.8 Å². The second-order valence-electron chi connectivity index (χ2n) is 6.19. The summed E-state index contributed by atoms with van der Waals surface area (Å²) >= 11 is 6.02. The Labute approximate surface area is 137 Å². The van der Waals surface area contributed by atoms with Crippen LogP contribution < -0.4 is 0 Å². The molecule has 0 bridgehead atoms. The van der Waals surface area contributed by atoms with Crippen LogP contribution in [0.3, 0.4) is 0 Å². The molecule has 4 atom stereocenters. The number of fused-ring (bicyclic) bond motifs is 2. The topological polar surface area (TPSA) is 91.5 Å². The summed E-state index contributed by atoms with van der Waals surface area (Å²) in [5.74, 6) is -0.687. The first-order valence-electron chi connectivity index (χ1n) is 7.42. The molecule has 2 aromatic heterocycles. The highest BCUT2D eigenvalue weighted by Crippen LogP contribution is 2.39. The fraction of sp³-hybridized carbons (Fsp3) is 0.643. The van der Waals surface area contributed by atoms with Gasteiger partial charge in [0.2, 0.25) is 0 Å². The Morgan fingerprint density at radius 1 is 1.22 bits per heavy atom. The summed E-state index contributed by atoms with van der Waals surface area (Å²) in [6.45, 7) is 4.07. The van der Waals surface area contributed by atoms with Crippen molar-refractivity contribution in [3.63, 3.8) is 0 Å². The molecule has 124 valence electrons. The number of ether oxygens (including phenoxy) is 3. The zero-order valence-corrected chi connectivity index (χ0v) is 13.5. The summed E-state index contributed by atoms with van der Waals surface area (Å²) in [7, 11) is 0. The molecule has 0 spiro atoms. The van der Waals surface area contributed by atoms with E-state index in [9.17, 15) is 5.11 Å². The van der Waals surface area contributed by atoms with E-state index in [2.05, 4.69) is 15.0 Å². The summed E-state index contributed by atoms with van der Waals surface area (Å²) in [4.78, 5) is 12.4. The minimum Gasteiger partial charge on any atom is -0.394 e. The fourth-order valence-electron chi connectivity index (χ4n) is 3.25. The highest BCUT2D eigenvalue weighted by atomic mass is 35.5. The van der Waals surface area contributed by atoms with E-state index >= 15 is 0 Å². The molecule has 23 heavy (non-hydrogen) atoms. The van der Waals surface area contributed by atoms with Crippen molar-refractivity contribution in [1.29, 1.82) is 0 Å². The molecule has 0 aromatic carbocycles. The van der Waals surface area contributed by atoms with E-state index in [1.165, 1.54) is 6.33 Å². The molecule has 0 amide bonds. The quantitative estimate of drug-likeness (QED) is 0.825. The molecule has 2 aliphatic rings. The first kappa shape index (κ1) is 15.2. The van der Waals surface area contributed by atoms with Gasteiger partial charge in [0.1, 0.15) is 36.3 Å². The molecular weight excluding hydrogens is 324 g/mol. The molecule has 2 aromatic rings. The molecule has 2 fully saturated rings. The van der Waals surface area contributed by atoms with Gasteiger partial charge in [-0.25, -0.2) is 15.0 Å². The predicted molar refractivity (Wildman–Crippen MR) is 79.9 cm³/mol. The van der Waals surface area contributed by atoms with Gasteiger partial charge in [0, 0.05) is 0 Å². The number of nitrogens with zero attached hydrogens (tertiary/aromatic N) is 4. The van der Waals surface area contributed by atoms with Crippen LogP contribution in [0.2, 0.25) is 5.15 Å². The van der Waals surface area contributed by atoms with Crippen LogP contribution in [0, 0.1) is 0 Å². The Morgan fingerprint density at radius 2 is 1.96 bits per heavy atom. The Kier molecular flexibility index (Phi) is 3.54. The van der Waals surface area contributed by atoms with Crippen LogP contribution in [0.15, 0.2) is 12.7 Å². The second kappa shape index (κ2) is 5.35. The van der Waals surface area contributed by atoms with Crippen molar-refractivity contribution in [2.45, 2.75) is 50.6 Å². The Balaban J connectivity index is 1.62. The minimum absolute atomic E-state index is 0.115. The van der Waals surface area contributed by atoms with Crippen LogP contribution in [0.25, 0.3) is 11.2 Å². The number of imidazole rings is 1. The maximum absolute atomic E-state index is 9.52. The molecule has 1 N–H and O–H groups in total. The number of aromatic nitrogens is 4. The SMILES string of the molecule is CC1(C)O[C@@H]2[C@H](O1)[C@@H](CO)O[C@H]2Cn1cnc2c(Cl)ncnc21. The summed E-state index contributed by atoms with van der Waals surface area (Å²) in [6.07, 6.45) is 1.84. The van der Waals surface area contributed by atoms with Gasteiger partial charge in [-0.05, 0) is 13.8 Å². The molecule has 8 nitrogen and oxygen atoms in total. The van der Waals surface area contributed by atoms with Crippen LogP contribution >= 0.6 is 11.6 Å². The van der Waals surface area contributed by atoms with Gasteiger partial charge in [-0.2, -0.15) is 0 Å². The number of hydrogen-bond donors (Lipinski definition) is 1. The predicted octanol–water partition coefficient (Wildman–Crippen LogP) is 0.759. The smallest absolute Gasteiger partial charge is 0.164 e. The number of aliphatic hydroxyl groups excluding tert-OH is 1. The third kappa shape index (κ3) is 2.50. The number of aliphatic hydroxyl groups is 1. The van der Waals surface area contributed by atoms with Crippen LogP contribution in [0.5, 0.6) is 0 Å². The Morgan fingerprint density at radius 3 is 2.70 bits per heavy atom. The van der Waals surface area contributed by atoms with E-state index in [4.69, 9.17) is 25.8 Å². The molecule has 0 saturated carbocycles. The molecule has 0 unspecified atom stereocenters. The highest BCUT2D eigenvalue weighted by molar-refractivity contribution is 6.33. The van der Waals surface area contributed by atoms with Crippen molar-refractivity contribution in [3.05, 3.63) is 17.8 Å². The van der Waals surface area contributed by atoms with Crippen LogP contribution in [0.1, 0.15) is 13.8 Å². The summed E-state index contributed by atoms with van der Waals surface area (Å²) < 4.78 is 19.5. The van der Waals surface area contributed by atoms with Gasteiger partial charge in [-0.1, -0.05) is 11.6 Å². The van der Waals surface area contributed by atoms with Crippen molar-refractivity contribution in [2.24, 2.45) is 0 Å². The third-order valence-corrected chi connectivity index (χ3v) is 4.44. The first-order valence-corrected chi connectivity index (χ1v) is 7.79. The van der Waals surface area contributed by atoms with E-state index in [-0.39, 0.29) is 24.9 Å². The van der Waals surface area contributed by atoms with Gasteiger partial charge < -0.3 is 23.9 Å². The molecule has 9 heteroatoms. The highest BCUT2D eigenvalue weighted by Gasteiger charge is 2.54. The summed E-state index contributed by atoms with van der Waals surface area (Å²) in [5.41, 5.74) is 1.18. The molecule has 2 aliphatic heterocycles. The normalized spacial score (nSPS) is 32.5. The van der Waals surface area contributed by atoms with E-state index in [1.54, 1.807) is 6.33 Å². The lowest BCUT2D eigenvalue weighted by Gasteiger charge is -2.23. The Hall–Kier alpha value is -1.32. The lowest BCUT2D eigenvalue weighted by Crippen LogP contribution is -2.32. The molecule has 0 aliphatic carbocycles. The number of rotatable bonds is 3. The molecular formula is C14H17ClN4O4. The van der Waals surface area contributed by atoms with Crippen molar-refractivity contribution in [3.8, 4) is 0 Å². The molecule has 0 radical (unpaired) electrons. The van der Waals surface area contributed by atoms with Crippen LogP contribution in [-0.2, 0) is 20.8 Å². The van der Waals surface area contributed by atoms with Gasteiger partial charge in [0.15, 0.2) is 16.6 Å². The maximum atomic E-state index is 9.52. The van der Waals surface area contributed by atoms with Crippen molar-refractivity contribution in [2.75, 3.05) is 6.61 Å². The summed E-state index contributed by atoms with van der Waals surface area (Å²) in [6, 6.07) is 0. The van der Waals surface area contributed by atoms with Gasteiger partial charge in [0.25, 0.3) is 0 Å². The molecule has 4 heterocycles. The zero-order valence-electron chi connectivity index (χ0n) is 12.7. The fourth-order valence-corrected chi connectivity index (χ4v) is 3.42. The minimum atomic E-state index is -0.687. The van der Waals surface area contributed by atoms with E-state index < -0.39 is 11.9 Å². The van der Waals surface area contributed by atoms with Crippen LogP contribution in [0.4, 0.5) is 0 Å². The monoisotopic (exact) mass is 340 g/mol. The summed E-state index contributed by atoms with van der Waals surface area (Å²) in [5, 5.41) is 9.83. The zero-order chi connectivity index (χ0) is 16.2. The van der Waals surface area contributed by atoms with Gasteiger partial charge in [0.05, 0.1) is 19.5 Å². The average Bonchev–Trinajstić information content (AvgIpc) is 3.13. The van der Waals surface area contributed by atoms with Gasteiger partial charge in [-0.3, -0.25) is 0 Å². The van der Waals surface area contributed by atoms with E-state index in [0.717, 1.165) is 0 Å². The number of halogens is 1. The largest absolute Gasteiger partial charge is 0.394 e. The average molecular weight is 341 g/mol. The lowest BCUT2D eigenvalue weighted by molar-refractivity contribution is -0.191. The van der Waals surface area contributed by atoms with Crippen molar-refractivity contribution < 1.29 is 19.3 Å². The van der Waals surface area contributed by atoms with Crippen LogP contribution in [-0.4, -0.2) is 61.4 Å². The number of hydrogen-bond acceptors (Lipinski definition) is 7. The second-order valence-corrected chi connectivity index (χ2v) is 6.55. The van der Waals surface area contributed by atoms with E-state index in [1.807, 2.05) is 18.4 Å². The van der Waals surface area contributed by atoms with E-state index in [0.29, 0.717) is 22.9 Å². The first-order chi connectivity index (χ1) is 11.0.